The van der Waals surface area contributed by atoms with E-state index in [9.17, 15) is 4.57 Å². The summed E-state index contributed by atoms with van der Waals surface area (Å²) in [7, 11) is -4.32. The number of benzene rings is 1. The molecular weight excluding hydrogens is 263 g/mol. The quantitative estimate of drug-likeness (QED) is 0.595. The van der Waals surface area contributed by atoms with Crippen molar-refractivity contribution in [1.82, 2.24) is 0 Å². The first-order valence-electron chi connectivity index (χ1n) is 6.54. The Bertz CT molecular complexity index is 433. The van der Waals surface area contributed by atoms with Gasteiger partial charge in [-0.15, -0.1) is 0 Å². The maximum atomic E-state index is 10.5. The molecular formula is C14H23O4P. The fraction of sp³-hybridized carbons (Fsp3) is 0.571. The van der Waals surface area contributed by atoms with Gasteiger partial charge in [0.15, 0.2) is 0 Å². The maximum Gasteiger partial charge on any atom is 0.469 e. The van der Waals surface area contributed by atoms with Crippen LogP contribution >= 0.6 is 7.82 Å². The van der Waals surface area contributed by atoms with Gasteiger partial charge in [0.25, 0.3) is 0 Å². The monoisotopic (exact) mass is 286 g/mol. The molecule has 0 saturated carbocycles. The number of rotatable bonds is 7. The van der Waals surface area contributed by atoms with Gasteiger partial charge in [0.05, 0.1) is 6.61 Å². The van der Waals surface area contributed by atoms with Crippen LogP contribution in [0.4, 0.5) is 0 Å². The molecule has 19 heavy (non-hydrogen) atoms. The number of phosphoric acid groups is 1. The molecule has 0 unspecified atom stereocenters. The smallest absolute Gasteiger partial charge is 0.303 e. The van der Waals surface area contributed by atoms with Gasteiger partial charge in [0.2, 0.25) is 0 Å². The molecule has 5 heteroatoms. The summed E-state index contributed by atoms with van der Waals surface area (Å²) in [5.41, 5.74) is 2.65. The second kappa shape index (κ2) is 6.67. The highest BCUT2D eigenvalue weighted by Crippen LogP contribution is 2.35. The first kappa shape index (κ1) is 16.4. The van der Waals surface area contributed by atoms with E-state index in [1.165, 1.54) is 5.56 Å². The summed E-state index contributed by atoms with van der Waals surface area (Å²) in [5.74, 6) is 0. The minimum atomic E-state index is -4.32. The highest BCUT2D eigenvalue weighted by Gasteiger charge is 2.17. The van der Waals surface area contributed by atoms with E-state index in [4.69, 9.17) is 9.79 Å². The van der Waals surface area contributed by atoms with Crippen molar-refractivity contribution in [3.05, 3.63) is 35.4 Å². The lowest BCUT2D eigenvalue weighted by molar-refractivity contribution is 0.195. The van der Waals surface area contributed by atoms with Crippen LogP contribution < -0.4 is 0 Å². The van der Waals surface area contributed by atoms with Crippen LogP contribution in [0, 0.1) is 0 Å². The third-order valence-corrected chi connectivity index (χ3v) is 4.01. The molecule has 0 spiro atoms. The van der Waals surface area contributed by atoms with Gasteiger partial charge in [0.1, 0.15) is 0 Å². The fourth-order valence-electron chi connectivity index (χ4n) is 1.79. The summed E-state index contributed by atoms with van der Waals surface area (Å²) < 4.78 is 14.9. The van der Waals surface area contributed by atoms with E-state index >= 15 is 0 Å². The minimum Gasteiger partial charge on any atom is -0.303 e. The zero-order valence-corrected chi connectivity index (χ0v) is 12.7. The predicted octanol–water partition coefficient (Wildman–Crippen LogP) is 3.42. The second-order valence-electron chi connectivity index (χ2n) is 5.36. The zero-order valence-electron chi connectivity index (χ0n) is 11.8. The molecule has 2 N–H and O–H groups in total. The highest BCUT2D eigenvalue weighted by atomic mass is 31.2. The van der Waals surface area contributed by atoms with Crippen LogP contribution in [0.5, 0.6) is 0 Å². The molecule has 0 amide bonds. The lowest BCUT2D eigenvalue weighted by atomic mass is 9.82. The molecule has 108 valence electrons. The Morgan fingerprint density at radius 1 is 1.21 bits per heavy atom. The molecule has 0 atom stereocenters. The zero-order chi connectivity index (χ0) is 14.5. The molecule has 0 aromatic heterocycles. The molecule has 1 aromatic rings. The van der Waals surface area contributed by atoms with E-state index in [1.807, 2.05) is 0 Å². The third-order valence-electron chi connectivity index (χ3n) is 3.49. The van der Waals surface area contributed by atoms with Crippen molar-refractivity contribution >= 4 is 7.82 Å². The second-order valence-corrected chi connectivity index (χ2v) is 6.60. The lowest BCUT2D eigenvalue weighted by Crippen LogP contribution is -2.15. The van der Waals surface area contributed by atoms with E-state index in [2.05, 4.69) is 49.6 Å². The SMILES string of the molecule is CCC(C)(C)c1ccc(CCCOP(=O)(O)O)cc1. The van der Waals surface area contributed by atoms with E-state index in [0.717, 1.165) is 18.4 Å². The summed E-state index contributed by atoms with van der Waals surface area (Å²) in [6, 6.07) is 8.40. The predicted molar refractivity (Wildman–Crippen MR) is 76.1 cm³/mol. The first-order valence-corrected chi connectivity index (χ1v) is 8.07. The van der Waals surface area contributed by atoms with Crippen molar-refractivity contribution in [2.24, 2.45) is 0 Å². The van der Waals surface area contributed by atoms with Gasteiger partial charge in [-0.1, -0.05) is 45.0 Å². The third kappa shape index (κ3) is 5.87. The average molecular weight is 286 g/mol. The number of aryl methyl sites for hydroxylation is 1. The van der Waals surface area contributed by atoms with Gasteiger partial charge < -0.3 is 9.79 Å². The van der Waals surface area contributed by atoms with Crippen LogP contribution in [0.25, 0.3) is 0 Å². The Labute approximate surface area is 115 Å². The molecule has 0 radical (unpaired) electrons. The Balaban J connectivity index is 2.47. The van der Waals surface area contributed by atoms with Gasteiger partial charge in [0, 0.05) is 0 Å². The number of phosphoric ester groups is 1. The van der Waals surface area contributed by atoms with Gasteiger partial charge in [-0.25, -0.2) is 4.57 Å². The topological polar surface area (TPSA) is 66.8 Å². The Morgan fingerprint density at radius 2 is 1.79 bits per heavy atom. The highest BCUT2D eigenvalue weighted by molar-refractivity contribution is 7.46. The van der Waals surface area contributed by atoms with E-state index in [1.54, 1.807) is 0 Å². The van der Waals surface area contributed by atoms with Crippen molar-refractivity contribution in [3.8, 4) is 0 Å². The lowest BCUT2D eigenvalue weighted by Gasteiger charge is -2.23. The molecule has 0 aliphatic carbocycles. The Kier molecular flexibility index (Phi) is 5.75. The van der Waals surface area contributed by atoms with Crippen LogP contribution in [0.15, 0.2) is 24.3 Å². The molecule has 4 nitrogen and oxygen atoms in total. The van der Waals surface area contributed by atoms with Crippen LogP contribution in [0.1, 0.15) is 44.7 Å². The number of hydrogen-bond donors (Lipinski definition) is 2. The van der Waals surface area contributed by atoms with E-state index in [-0.39, 0.29) is 12.0 Å². The van der Waals surface area contributed by atoms with Crippen molar-refractivity contribution in [3.63, 3.8) is 0 Å². The van der Waals surface area contributed by atoms with Gasteiger partial charge >= 0.3 is 7.82 Å². The summed E-state index contributed by atoms with van der Waals surface area (Å²) in [4.78, 5) is 17.1. The van der Waals surface area contributed by atoms with Crippen molar-refractivity contribution in [2.75, 3.05) is 6.61 Å². The molecule has 1 aromatic carbocycles. The molecule has 0 bridgehead atoms. The fourth-order valence-corrected chi connectivity index (χ4v) is 2.15. The first-order chi connectivity index (χ1) is 8.74. The summed E-state index contributed by atoms with van der Waals surface area (Å²) in [6.45, 7) is 6.69. The van der Waals surface area contributed by atoms with Gasteiger partial charge in [-0.2, -0.15) is 0 Å². The standard InChI is InChI=1S/C14H23O4P/c1-4-14(2,3)13-9-7-12(8-10-13)6-5-11-18-19(15,16)17/h7-10H,4-6,11H2,1-3H3,(H2,15,16,17). The molecule has 0 heterocycles. The normalized spacial score (nSPS) is 12.7. The summed E-state index contributed by atoms with van der Waals surface area (Å²) >= 11 is 0. The minimum absolute atomic E-state index is 0.0759. The Hall–Kier alpha value is -0.670. The average Bonchev–Trinajstić information content (AvgIpc) is 2.34. The van der Waals surface area contributed by atoms with Gasteiger partial charge in [-0.05, 0) is 35.8 Å². The van der Waals surface area contributed by atoms with Crippen LogP contribution in [-0.2, 0) is 20.9 Å². The molecule has 0 saturated heterocycles. The largest absolute Gasteiger partial charge is 0.469 e. The Morgan fingerprint density at radius 3 is 2.26 bits per heavy atom. The molecule has 1 rings (SSSR count). The molecule has 0 aliphatic rings. The van der Waals surface area contributed by atoms with Crippen molar-refractivity contribution in [1.29, 1.82) is 0 Å². The maximum absolute atomic E-state index is 10.5. The van der Waals surface area contributed by atoms with Crippen LogP contribution in [0.3, 0.4) is 0 Å². The van der Waals surface area contributed by atoms with Crippen LogP contribution in [-0.4, -0.2) is 16.4 Å². The summed E-state index contributed by atoms with van der Waals surface area (Å²) in [6.07, 6.45) is 2.44. The number of hydrogen-bond acceptors (Lipinski definition) is 2. The van der Waals surface area contributed by atoms with E-state index < -0.39 is 7.82 Å². The van der Waals surface area contributed by atoms with Gasteiger partial charge in [-0.3, -0.25) is 4.52 Å². The summed E-state index contributed by atoms with van der Waals surface area (Å²) in [5, 5.41) is 0. The van der Waals surface area contributed by atoms with Crippen LogP contribution in [0.2, 0.25) is 0 Å². The molecule has 0 aliphatic heterocycles. The van der Waals surface area contributed by atoms with E-state index in [0.29, 0.717) is 6.42 Å². The van der Waals surface area contributed by atoms with Crippen molar-refractivity contribution < 1.29 is 18.9 Å². The molecule has 0 fully saturated rings. The van der Waals surface area contributed by atoms with Crippen molar-refractivity contribution in [2.45, 2.75) is 45.4 Å².